The maximum atomic E-state index is 13.1. The molecule has 0 fully saturated rings. The number of unbranched alkanes of at least 4 members (excludes halogenated alkanes) is 41. The second-order valence-electron chi connectivity index (χ2n) is 30.0. The molecule has 0 aromatic heterocycles. The van der Waals surface area contributed by atoms with Crippen molar-refractivity contribution in [1.29, 1.82) is 0 Å². The number of rotatable bonds is 75. The molecule has 17 nitrogen and oxygen atoms in total. The molecule has 0 radical (unpaired) electrons. The maximum Gasteiger partial charge on any atom is 0.472 e. The zero-order valence-corrected chi connectivity index (χ0v) is 65.5. The van der Waals surface area contributed by atoms with Gasteiger partial charge in [-0.05, 0) is 49.4 Å². The molecule has 0 aliphatic heterocycles. The second-order valence-corrected chi connectivity index (χ2v) is 32.9. The molecule has 5 atom stereocenters. The van der Waals surface area contributed by atoms with E-state index in [1.54, 1.807) is 0 Å². The fourth-order valence-electron chi connectivity index (χ4n) is 11.9. The number of aliphatic hydroxyl groups is 1. The maximum absolute atomic E-state index is 13.1. The minimum absolute atomic E-state index is 0.102. The summed E-state index contributed by atoms with van der Waals surface area (Å²) in [5.41, 5.74) is 0. The van der Waals surface area contributed by atoms with E-state index < -0.39 is 97.5 Å². The molecule has 0 rings (SSSR count). The Morgan fingerprint density at radius 1 is 0.258 bits per heavy atom. The van der Waals surface area contributed by atoms with Gasteiger partial charge in [0.1, 0.15) is 19.3 Å². The van der Waals surface area contributed by atoms with Gasteiger partial charge in [0.2, 0.25) is 0 Å². The molecule has 0 spiro atoms. The third kappa shape index (κ3) is 72.2. The van der Waals surface area contributed by atoms with Crippen LogP contribution in [0.3, 0.4) is 0 Å². The summed E-state index contributed by atoms with van der Waals surface area (Å²) >= 11 is 0. The number of aliphatic hydroxyl groups excluding tert-OH is 1. The Balaban J connectivity index is 5.21. The lowest BCUT2D eigenvalue weighted by atomic mass is 10.0. The van der Waals surface area contributed by atoms with Crippen LogP contribution >= 0.6 is 15.6 Å². The molecule has 0 amide bonds. The van der Waals surface area contributed by atoms with E-state index in [1.165, 1.54) is 193 Å². The van der Waals surface area contributed by atoms with Crippen molar-refractivity contribution in [3.63, 3.8) is 0 Å². The van der Waals surface area contributed by atoms with Crippen LogP contribution in [0.25, 0.3) is 0 Å². The highest BCUT2D eigenvalue weighted by molar-refractivity contribution is 7.47. The minimum Gasteiger partial charge on any atom is -0.462 e. The third-order valence-corrected chi connectivity index (χ3v) is 20.0. The van der Waals surface area contributed by atoms with Crippen LogP contribution in [0.1, 0.15) is 396 Å². The molecule has 0 bridgehead atoms. The number of phosphoric ester groups is 2. The van der Waals surface area contributed by atoms with Gasteiger partial charge in [-0.3, -0.25) is 37.3 Å². The Hall–Kier alpha value is -1.94. The first-order chi connectivity index (χ1) is 46.6. The lowest BCUT2D eigenvalue weighted by Crippen LogP contribution is -2.30. The summed E-state index contributed by atoms with van der Waals surface area (Å²) in [6.07, 6.45) is 53.0. The first kappa shape index (κ1) is 95.1. The highest BCUT2D eigenvalue weighted by atomic mass is 31.2. The topological polar surface area (TPSA) is 237 Å². The average molecular weight is 1420 g/mol. The van der Waals surface area contributed by atoms with Crippen LogP contribution in [0.15, 0.2) is 0 Å². The van der Waals surface area contributed by atoms with Crippen molar-refractivity contribution in [3.05, 3.63) is 0 Å². The molecule has 0 aromatic rings. The fraction of sp³-hybridized carbons (Fsp3) is 0.949. The van der Waals surface area contributed by atoms with E-state index in [-0.39, 0.29) is 25.7 Å². The monoisotopic (exact) mass is 1420 g/mol. The summed E-state index contributed by atoms with van der Waals surface area (Å²) in [7, 11) is -9.91. The van der Waals surface area contributed by atoms with Gasteiger partial charge in [0.15, 0.2) is 12.2 Å². The predicted molar refractivity (Wildman–Crippen MR) is 395 cm³/mol. The number of carbonyl (C=O) groups is 4. The Morgan fingerprint density at radius 2 is 0.433 bits per heavy atom. The molecule has 0 aromatic carbocycles. The van der Waals surface area contributed by atoms with E-state index >= 15 is 0 Å². The molecule has 576 valence electrons. The summed E-state index contributed by atoms with van der Waals surface area (Å²) in [4.78, 5) is 72.8. The summed E-state index contributed by atoms with van der Waals surface area (Å²) in [6, 6.07) is 0. The van der Waals surface area contributed by atoms with Crippen LogP contribution in [0, 0.1) is 23.7 Å². The first-order valence-electron chi connectivity index (χ1n) is 40.2. The zero-order valence-electron chi connectivity index (χ0n) is 63.7. The Kier molecular flexibility index (Phi) is 65.9. The van der Waals surface area contributed by atoms with Gasteiger partial charge in [0, 0.05) is 25.7 Å². The highest BCUT2D eigenvalue weighted by Gasteiger charge is 2.30. The standard InChI is InChI=1S/C78H152O17P2/c1-68(2)54-46-38-30-24-20-16-12-9-10-14-18-22-26-34-42-50-58-75(80)88-64-73(94-77(82)60-52-44-35-27-23-19-15-11-13-17-21-25-31-39-47-55-69(3)4)66-92-96(84,85)90-62-72(79)63-91-97(86,87)93-67-74(95-78(83)61-53-45-37-29-33-41-49-57-71(7)8)65-89-76(81)59-51-43-36-28-32-40-48-56-70(5)6/h68-74,79H,9-67H2,1-8H3,(H,84,85)(H,86,87)/t72?,73-,74-/m1/s1. The van der Waals surface area contributed by atoms with Crippen LogP contribution in [-0.4, -0.2) is 96.7 Å². The van der Waals surface area contributed by atoms with Gasteiger partial charge >= 0.3 is 39.5 Å². The summed E-state index contributed by atoms with van der Waals surface area (Å²) in [6.45, 7) is 14.2. The fourth-order valence-corrected chi connectivity index (χ4v) is 13.5. The van der Waals surface area contributed by atoms with E-state index in [2.05, 4.69) is 55.4 Å². The average Bonchev–Trinajstić information content (AvgIpc) is 2.29. The number of hydrogen-bond donors (Lipinski definition) is 3. The number of carbonyl (C=O) groups excluding carboxylic acids is 4. The molecule has 0 saturated heterocycles. The molecular formula is C78H152O17P2. The lowest BCUT2D eigenvalue weighted by molar-refractivity contribution is -0.161. The predicted octanol–water partition coefficient (Wildman–Crippen LogP) is 22.8. The largest absolute Gasteiger partial charge is 0.472 e. The van der Waals surface area contributed by atoms with E-state index in [9.17, 15) is 43.2 Å². The van der Waals surface area contributed by atoms with Crippen molar-refractivity contribution in [2.24, 2.45) is 23.7 Å². The number of ether oxygens (including phenoxy) is 4. The SMILES string of the molecule is CC(C)CCCCCCCCCCCCCCCCCCC(=O)OC[C@H](COP(=O)(O)OCC(O)COP(=O)(O)OC[C@@H](COC(=O)CCCCCCCCCC(C)C)OC(=O)CCCCCCCCCC(C)C)OC(=O)CCCCCCCCCCCCCCCCCC(C)C. The Bertz CT molecular complexity index is 1900. The lowest BCUT2D eigenvalue weighted by Gasteiger charge is -2.21. The first-order valence-corrected chi connectivity index (χ1v) is 43.2. The molecule has 0 heterocycles. The van der Waals surface area contributed by atoms with E-state index in [0.717, 1.165) is 108 Å². The molecule has 0 saturated carbocycles. The molecule has 19 heteroatoms. The smallest absolute Gasteiger partial charge is 0.462 e. The molecule has 3 N–H and O–H groups in total. The Morgan fingerprint density at radius 3 is 0.639 bits per heavy atom. The van der Waals surface area contributed by atoms with Crippen molar-refractivity contribution in [2.75, 3.05) is 39.6 Å². The molecule has 0 aliphatic carbocycles. The molecular weight excluding hydrogens is 1270 g/mol. The van der Waals surface area contributed by atoms with Crippen molar-refractivity contribution >= 4 is 39.5 Å². The van der Waals surface area contributed by atoms with Crippen molar-refractivity contribution in [2.45, 2.75) is 414 Å². The van der Waals surface area contributed by atoms with E-state index in [1.807, 2.05) is 0 Å². The van der Waals surface area contributed by atoms with Crippen molar-refractivity contribution in [3.8, 4) is 0 Å². The van der Waals surface area contributed by atoms with Crippen molar-refractivity contribution < 1.29 is 80.2 Å². The molecule has 97 heavy (non-hydrogen) atoms. The van der Waals surface area contributed by atoms with Crippen LogP contribution in [0.5, 0.6) is 0 Å². The quantitative estimate of drug-likeness (QED) is 0.0222. The van der Waals surface area contributed by atoms with Gasteiger partial charge in [-0.15, -0.1) is 0 Å². The second kappa shape index (κ2) is 67.2. The number of phosphoric acid groups is 2. The van der Waals surface area contributed by atoms with Crippen LogP contribution in [0.4, 0.5) is 0 Å². The number of esters is 4. The van der Waals surface area contributed by atoms with Crippen LogP contribution in [0.2, 0.25) is 0 Å². The van der Waals surface area contributed by atoms with E-state index in [0.29, 0.717) is 37.5 Å². The molecule has 0 aliphatic rings. The third-order valence-electron chi connectivity index (χ3n) is 18.1. The normalized spacial score (nSPS) is 14.1. The van der Waals surface area contributed by atoms with Gasteiger partial charge in [-0.25, -0.2) is 9.13 Å². The minimum atomic E-state index is -4.96. The number of hydrogen-bond acceptors (Lipinski definition) is 15. The summed E-state index contributed by atoms with van der Waals surface area (Å²) in [5.74, 6) is 0.894. The summed E-state index contributed by atoms with van der Waals surface area (Å²) < 4.78 is 68.5. The zero-order chi connectivity index (χ0) is 71.7. The van der Waals surface area contributed by atoms with Crippen LogP contribution < -0.4 is 0 Å². The highest BCUT2D eigenvalue weighted by Crippen LogP contribution is 2.45. The van der Waals surface area contributed by atoms with Crippen LogP contribution in [-0.2, 0) is 65.4 Å². The Labute approximate surface area is 594 Å². The van der Waals surface area contributed by atoms with Gasteiger partial charge in [0.25, 0.3) is 0 Å². The summed E-state index contributed by atoms with van der Waals surface area (Å²) in [5, 5.41) is 10.6. The van der Waals surface area contributed by atoms with E-state index in [4.69, 9.17) is 37.0 Å². The van der Waals surface area contributed by atoms with Gasteiger partial charge in [-0.1, -0.05) is 344 Å². The van der Waals surface area contributed by atoms with Gasteiger partial charge < -0.3 is 33.8 Å². The van der Waals surface area contributed by atoms with Gasteiger partial charge in [0.05, 0.1) is 26.4 Å². The van der Waals surface area contributed by atoms with Gasteiger partial charge in [-0.2, -0.15) is 0 Å². The van der Waals surface area contributed by atoms with Crippen molar-refractivity contribution in [1.82, 2.24) is 0 Å². The molecule has 3 unspecified atom stereocenters.